The maximum absolute atomic E-state index is 11.7. The molecule has 0 aliphatic carbocycles. The minimum atomic E-state index is -3.06. The van der Waals surface area contributed by atoms with Crippen molar-refractivity contribution in [2.45, 2.75) is 32.2 Å². The second kappa shape index (κ2) is 5.72. The predicted molar refractivity (Wildman–Crippen MR) is 73.9 cm³/mol. The Morgan fingerprint density at radius 1 is 1.50 bits per heavy atom. The van der Waals surface area contributed by atoms with E-state index < -0.39 is 10.0 Å². The van der Waals surface area contributed by atoms with Crippen LogP contribution in [0.4, 0.5) is 0 Å². The first-order valence-electron chi connectivity index (χ1n) is 6.89. The summed E-state index contributed by atoms with van der Waals surface area (Å²) in [6.45, 7) is 8.52. The summed E-state index contributed by atoms with van der Waals surface area (Å²) in [7, 11) is -3.06. The maximum atomic E-state index is 11.7. The first kappa shape index (κ1) is 14.0. The average Bonchev–Trinajstić information content (AvgIpc) is 2.37. The molecule has 104 valence electrons. The monoisotopic (exact) mass is 272 g/mol. The van der Waals surface area contributed by atoms with Gasteiger partial charge in [-0.2, -0.15) is 0 Å². The number of rotatable bonds is 6. The highest BCUT2D eigenvalue weighted by Crippen LogP contribution is 2.36. The normalized spacial score (nSPS) is 35.6. The minimum Gasteiger partial charge on any atom is -0.298 e. The van der Waals surface area contributed by atoms with E-state index in [0.29, 0.717) is 30.8 Å². The number of sulfonamides is 1. The van der Waals surface area contributed by atoms with Crippen LogP contribution in [0.25, 0.3) is 0 Å². The Kier molecular flexibility index (Phi) is 4.45. The third-order valence-electron chi connectivity index (χ3n) is 4.24. The second-order valence-electron chi connectivity index (χ2n) is 5.50. The summed E-state index contributed by atoms with van der Waals surface area (Å²) in [5.41, 5.74) is 0. The lowest BCUT2D eigenvalue weighted by Crippen LogP contribution is -2.56. The van der Waals surface area contributed by atoms with Gasteiger partial charge < -0.3 is 0 Å². The van der Waals surface area contributed by atoms with Gasteiger partial charge in [-0.15, -0.1) is 6.58 Å². The van der Waals surface area contributed by atoms with Crippen LogP contribution in [0.2, 0.25) is 0 Å². The summed E-state index contributed by atoms with van der Waals surface area (Å²) >= 11 is 0. The topological polar surface area (TPSA) is 49.4 Å². The molecule has 3 saturated heterocycles. The highest BCUT2D eigenvalue weighted by molar-refractivity contribution is 7.89. The van der Waals surface area contributed by atoms with E-state index in [4.69, 9.17) is 0 Å². The number of piperidine rings is 3. The van der Waals surface area contributed by atoms with Gasteiger partial charge >= 0.3 is 0 Å². The van der Waals surface area contributed by atoms with Crippen molar-refractivity contribution in [2.75, 3.05) is 25.4 Å². The van der Waals surface area contributed by atoms with Crippen LogP contribution in [-0.4, -0.2) is 44.7 Å². The summed E-state index contributed by atoms with van der Waals surface area (Å²) in [4.78, 5) is 2.42. The number of hydrogen-bond acceptors (Lipinski definition) is 3. The van der Waals surface area contributed by atoms with Gasteiger partial charge in [0.25, 0.3) is 0 Å². The van der Waals surface area contributed by atoms with Crippen molar-refractivity contribution >= 4 is 10.0 Å². The molecule has 2 bridgehead atoms. The molecule has 3 rings (SSSR count). The first-order chi connectivity index (χ1) is 8.55. The molecule has 0 aromatic rings. The van der Waals surface area contributed by atoms with Crippen molar-refractivity contribution in [3.63, 3.8) is 0 Å². The van der Waals surface area contributed by atoms with Crippen molar-refractivity contribution in [1.29, 1.82) is 0 Å². The fourth-order valence-electron chi connectivity index (χ4n) is 3.22. The van der Waals surface area contributed by atoms with E-state index in [9.17, 15) is 8.42 Å². The van der Waals surface area contributed by atoms with E-state index in [0.717, 1.165) is 19.5 Å². The summed E-state index contributed by atoms with van der Waals surface area (Å²) in [6, 6.07) is 0.381. The fourth-order valence-corrected chi connectivity index (χ4v) is 4.35. The van der Waals surface area contributed by atoms with Crippen molar-refractivity contribution < 1.29 is 8.42 Å². The molecule has 3 heterocycles. The third-order valence-corrected chi connectivity index (χ3v) is 5.80. The largest absolute Gasteiger partial charge is 0.298 e. The average molecular weight is 272 g/mol. The highest BCUT2D eigenvalue weighted by Gasteiger charge is 2.38. The smallest absolute Gasteiger partial charge is 0.211 e. The van der Waals surface area contributed by atoms with Gasteiger partial charge in [-0.25, -0.2) is 13.1 Å². The van der Waals surface area contributed by atoms with Gasteiger partial charge in [-0.05, 0) is 37.6 Å². The molecule has 0 aromatic carbocycles. The second-order valence-corrected chi connectivity index (χ2v) is 7.43. The Morgan fingerprint density at radius 3 is 2.83 bits per heavy atom. The zero-order valence-electron chi connectivity index (χ0n) is 11.1. The van der Waals surface area contributed by atoms with E-state index in [2.05, 4.69) is 22.3 Å². The molecule has 3 fully saturated rings. The molecular weight excluding hydrogens is 248 g/mol. The lowest BCUT2D eigenvalue weighted by molar-refractivity contribution is 0.0218. The van der Waals surface area contributed by atoms with Crippen LogP contribution < -0.4 is 4.72 Å². The Bertz CT molecular complexity index is 394. The zero-order valence-corrected chi connectivity index (χ0v) is 12.0. The summed E-state index contributed by atoms with van der Waals surface area (Å²) < 4.78 is 26.1. The molecule has 0 saturated carbocycles. The highest BCUT2D eigenvalue weighted by atomic mass is 32.2. The van der Waals surface area contributed by atoms with Crippen molar-refractivity contribution in [3.05, 3.63) is 12.7 Å². The molecule has 0 aromatic heterocycles. The standard InChI is InChI=1S/C13H24N2O2S/c1-3-7-18(16,17)14-9-13-8-12-5-6-15(13)10-11(12)4-2/h4,11-14H,2-3,5-10H2,1H3. The Morgan fingerprint density at radius 2 is 2.28 bits per heavy atom. The van der Waals surface area contributed by atoms with E-state index >= 15 is 0 Å². The van der Waals surface area contributed by atoms with Crippen LogP contribution >= 0.6 is 0 Å². The number of hydrogen-bond donors (Lipinski definition) is 1. The summed E-state index contributed by atoms with van der Waals surface area (Å²) in [5, 5.41) is 0. The van der Waals surface area contributed by atoms with E-state index in [-0.39, 0.29) is 5.75 Å². The Labute approximate surface area is 110 Å². The van der Waals surface area contributed by atoms with Crippen molar-refractivity contribution in [3.8, 4) is 0 Å². The van der Waals surface area contributed by atoms with Crippen LogP contribution in [0.5, 0.6) is 0 Å². The molecule has 18 heavy (non-hydrogen) atoms. The van der Waals surface area contributed by atoms with Crippen LogP contribution in [0.15, 0.2) is 12.7 Å². The Hall–Kier alpha value is -0.390. The van der Waals surface area contributed by atoms with Crippen LogP contribution in [0, 0.1) is 11.8 Å². The summed E-state index contributed by atoms with van der Waals surface area (Å²) in [5.74, 6) is 1.54. The number of fused-ring (bicyclic) bond motifs is 3. The van der Waals surface area contributed by atoms with Gasteiger partial charge in [0, 0.05) is 19.1 Å². The van der Waals surface area contributed by atoms with Gasteiger partial charge in [0.1, 0.15) is 0 Å². The molecule has 5 heteroatoms. The maximum Gasteiger partial charge on any atom is 0.211 e. The Balaban J connectivity index is 1.87. The van der Waals surface area contributed by atoms with Crippen LogP contribution in [0.3, 0.4) is 0 Å². The SMILES string of the molecule is C=CC1CN2CCC1CC2CNS(=O)(=O)CCC. The molecule has 3 aliphatic heterocycles. The molecule has 0 spiro atoms. The predicted octanol–water partition coefficient (Wildman–Crippen LogP) is 1.21. The van der Waals surface area contributed by atoms with Gasteiger partial charge in [0.15, 0.2) is 0 Å². The molecule has 0 radical (unpaired) electrons. The molecule has 4 nitrogen and oxygen atoms in total. The molecule has 0 amide bonds. The van der Waals surface area contributed by atoms with Crippen molar-refractivity contribution in [1.82, 2.24) is 9.62 Å². The van der Waals surface area contributed by atoms with E-state index in [1.54, 1.807) is 0 Å². The van der Waals surface area contributed by atoms with Crippen LogP contribution in [-0.2, 0) is 10.0 Å². The lowest BCUT2D eigenvalue weighted by atomic mass is 9.76. The third kappa shape index (κ3) is 3.13. The first-order valence-corrected chi connectivity index (χ1v) is 8.55. The minimum absolute atomic E-state index is 0.235. The van der Waals surface area contributed by atoms with Gasteiger partial charge in [-0.1, -0.05) is 13.0 Å². The zero-order chi connectivity index (χ0) is 13.2. The molecule has 4 atom stereocenters. The number of nitrogens with one attached hydrogen (secondary N) is 1. The van der Waals surface area contributed by atoms with E-state index in [1.165, 1.54) is 6.42 Å². The number of nitrogens with zero attached hydrogens (tertiary/aromatic N) is 1. The molecular formula is C13H24N2O2S. The summed E-state index contributed by atoms with van der Waals surface area (Å²) in [6.07, 6.45) is 5.07. The van der Waals surface area contributed by atoms with Crippen LogP contribution in [0.1, 0.15) is 26.2 Å². The van der Waals surface area contributed by atoms with Gasteiger partial charge in [-0.3, -0.25) is 4.90 Å². The quantitative estimate of drug-likeness (QED) is 0.740. The molecule has 4 unspecified atom stereocenters. The van der Waals surface area contributed by atoms with E-state index in [1.807, 2.05) is 6.92 Å². The fraction of sp³-hybridized carbons (Fsp3) is 0.846. The van der Waals surface area contributed by atoms with Gasteiger partial charge in [0.2, 0.25) is 10.0 Å². The molecule has 3 aliphatic rings. The molecule has 1 N–H and O–H groups in total. The van der Waals surface area contributed by atoms with Gasteiger partial charge in [0.05, 0.1) is 5.75 Å². The van der Waals surface area contributed by atoms with Crippen molar-refractivity contribution in [2.24, 2.45) is 11.8 Å². The lowest BCUT2D eigenvalue weighted by Gasteiger charge is -2.49.